The van der Waals surface area contributed by atoms with Crippen LogP contribution in [0, 0.1) is 5.92 Å². The molecule has 72 valence electrons. The summed E-state index contributed by atoms with van der Waals surface area (Å²) in [6, 6.07) is 0. The summed E-state index contributed by atoms with van der Waals surface area (Å²) in [5, 5.41) is 0. The maximum absolute atomic E-state index is 11.5. The fraction of sp³-hybridized carbons (Fsp3) is 0.889. The summed E-state index contributed by atoms with van der Waals surface area (Å²) in [5.41, 5.74) is 0. The van der Waals surface area contributed by atoms with Crippen molar-refractivity contribution >= 4 is 21.8 Å². The van der Waals surface area contributed by atoms with Gasteiger partial charge in [-0.25, -0.2) is 0 Å². The minimum absolute atomic E-state index is 0.0127. The van der Waals surface area contributed by atoms with E-state index >= 15 is 0 Å². The molecule has 0 aromatic carbocycles. The molecule has 0 rings (SSSR count). The predicted octanol–water partition coefficient (Wildman–Crippen LogP) is 2.27. The van der Waals surface area contributed by atoms with Crippen molar-refractivity contribution in [3.63, 3.8) is 0 Å². The van der Waals surface area contributed by atoms with Gasteiger partial charge in [0.2, 0.25) is 5.91 Å². The molecule has 0 saturated carbocycles. The third-order valence-corrected chi connectivity index (χ3v) is 2.68. The second-order valence-corrected chi connectivity index (χ2v) is 4.59. The molecule has 0 aliphatic rings. The molecule has 1 amide bonds. The summed E-state index contributed by atoms with van der Waals surface area (Å²) in [7, 11) is 1.85. The summed E-state index contributed by atoms with van der Waals surface area (Å²) in [5.74, 6) is 0.724. The van der Waals surface area contributed by atoms with E-state index in [-0.39, 0.29) is 10.7 Å². The molecule has 0 aromatic rings. The van der Waals surface area contributed by atoms with Crippen molar-refractivity contribution < 1.29 is 4.79 Å². The van der Waals surface area contributed by atoms with E-state index in [0.29, 0.717) is 5.92 Å². The lowest BCUT2D eigenvalue weighted by Crippen LogP contribution is -2.35. The minimum Gasteiger partial charge on any atom is -0.345 e. The highest BCUT2D eigenvalue weighted by atomic mass is 79.9. The van der Waals surface area contributed by atoms with Gasteiger partial charge < -0.3 is 4.90 Å². The Balaban J connectivity index is 3.92. The minimum atomic E-state index is -0.0127. The number of alkyl halides is 1. The van der Waals surface area contributed by atoms with Gasteiger partial charge in [0.15, 0.2) is 0 Å². The van der Waals surface area contributed by atoms with Crippen LogP contribution in [0.5, 0.6) is 0 Å². The number of amides is 1. The van der Waals surface area contributed by atoms with Crippen molar-refractivity contribution in [3.05, 3.63) is 0 Å². The summed E-state index contributed by atoms with van der Waals surface area (Å²) in [6.45, 7) is 7.05. The van der Waals surface area contributed by atoms with Crippen molar-refractivity contribution in [1.82, 2.24) is 4.90 Å². The van der Waals surface area contributed by atoms with E-state index in [0.717, 1.165) is 13.0 Å². The first-order valence-corrected chi connectivity index (χ1v) is 5.29. The Hall–Kier alpha value is -0.0500. The number of hydrogen-bond acceptors (Lipinski definition) is 1. The van der Waals surface area contributed by atoms with Crippen LogP contribution >= 0.6 is 15.9 Å². The Labute approximate surface area is 83.4 Å². The SMILES string of the molecule is CCC(Br)C(=O)N(C)CC(C)C. The molecule has 2 nitrogen and oxygen atoms in total. The highest BCUT2D eigenvalue weighted by molar-refractivity contribution is 9.10. The summed E-state index contributed by atoms with van der Waals surface area (Å²) in [6.07, 6.45) is 0.848. The molecule has 1 atom stereocenters. The average molecular weight is 236 g/mol. The van der Waals surface area contributed by atoms with Crippen molar-refractivity contribution in [2.24, 2.45) is 5.92 Å². The number of carbonyl (C=O) groups is 1. The Morgan fingerprint density at radius 1 is 1.50 bits per heavy atom. The van der Waals surface area contributed by atoms with Crippen LogP contribution in [0.1, 0.15) is 27.2 Å². The van der Waals surface area contributed by atoms with Crippen LogP contribution in [0.25, 0.3) is 0 Å². The molecule has 0 heterocycles. The number of rotatable bonds is 4. The maximum Gasteiger partial charge on any atom is 0.236 e. The normalized spacial score (nSPS) is 13.2. The maximum atomic E-state index is 11.5. The van der Waals surface area contributed by atoms with Crippen molar-refractivity contribution in [2.75, 3.05) is 13.6 Å². The van der Waals surface area contributed by atoms with Gasteiger partial charge in [0.25, 0.3) is 0 Å². The highest BCUT2D eigenvalue weighted by Gasteiger charge is 2.17. The lowest BCUT2D eigenvalue weighted by Gasteiger charge is -2.21. The zero-order valence-electron chi connectivity index (χ0n) is 8.30. The van der Waals surface area contributed by atoms with E-state index in [1.165, 1.54) is 0 Å². The molecule has 1 unspecified atom stereocenters. The van der Waals surface area contributed by atoms with Gasteiger partial charge in [-0.3, -0.25) is 4.79 Å². The van der Waals surface area contributed by atoms with Crippen LogP contribution in [0.4, 0.5) is 0 Å². The summed E-state index contributed by atoms with van der Waals surface area (Å²) in [4.78, 5) is 13.3. The second kappa shape index (κ2) is 5.57. The van der Waals surface area contributed by atoms with Crippen LogP contribution in [0.15, 0.2) is 0 Å². The molecule has 0 aromatic heterocycles. The lowest BCUT2D eigenvalue weighted by molar-refractivity contribution is -0.129. The third kappa shape index (κ3) is 4.10. The summed E-state index contributed by atoms with van der Waals surface area (Å²) < 4.78 is 0. The monoisotopic (exact) mass is 235 g/mol. The quantitative estimate of drug-likeness (QED) is 0.686. The second-order valence-electron chi connectivity index (χ2n) is 3.49. The predicted molar refractivity (Wildman–Crippen MR) is 55.5 cm³/mol. The molecule has 0 N–H and O–H groups in total. The Bertz CT molecular complexity index is 147. The zero-order valence-corrected chi connectivity index (χ0v) is 9.89. The molecule has 0 saturated heterocycles. The van der Waals surface area contributed by atoms with Gasteiger partial charge in [0.05, 0.1) is 4.83 Å². The molecular weight excluding hydrogens is 218 g/mol. The van der Waals surface area contributed by atoms with Gasteiger partial charge in [0, 0.05) is 13.6 Å². The van der Waals surface area contributed by atoms with E-state index in [4.69, 9.17) is 0 Å². The van der Waals surface area contributed by atoms with Gasteiger partial charge in [-0.2, -0.15) is 0 Å². The van der Waals surface area contributed by atoms with E-state index in [1.807, 2.05) is 14.0 Å². The van der Waals surface area contributed by atoms with Crippen LogP contribution in [0.2, 0.25) is 0 Å². The van der Waals surface area contributed by atoms with Crippen LogP contribution < -0.4 is 0 Å². The fourth-order valence-corrected chi connectivity index (χ4v) is 1.40. The largest absolute Gasteiger partial charge is 0.345 e. The van der Waals surface area contributed by atoms with Crippen molar-refractivity contribution in [3.8, 4) is 0 Å². The molecule has 3 heteroatoms. The Morgan fingerprint density at radius 2 is 2.00 bits per heavy atom. The number of nitrogens with zero attached hydrogens (tertiary/aromatic N) is 1. The van der Waals surface area contributed by atoms with Crippen molar-refractivity contribution in [1.29, 1.82) is 0 Å². The molecule has 0 fully saturated rings. The summed E-state index contributed by atoms with van der Waals surface area (Å²) >= 11 is 3.34. The number of carbonyl (C=O) groups excluding carboxylic acids is 1. The highest BCUT2D eigenvalue weighted by Crippen LogP contribution is 2.09. The first kappa shape index (κ1) is 11.9. The van der Waals surface area contributed by atoms with Crippen LogP contribution in [-0.2, 0) is 4.79 Å². The van der Waals surface area contributed by atoms with Gasteiger partial charge in [-0.05, 0) is 12.3 Å². The third-order valence-electron chi connectivity index (χ3n) is 1.64. The molecule has 0 radical (unpaired) electrons. The van der Waals surface area contributed by atoms with E-state index < -0.39 is 0 Å². The molecule has 0 aliphatic carbocycles. The zero-order chi connectivity index (χ0) is 9.72. The van der Waals surface area contributed by atoms with Gasteiger partial charge >= 0.3 is 0 Å². The first-order chi connectivity index (χ1) is 5.49. The van der Waals surface area contributed by atoms with Crippen LogP contribution in [-0.4, -0.2) is 29.2 Å². The smallest absolute Gasteiger partial charge is 0.236 e. The molecule has 0 bridgehead atoms. The van der Waals surface area contributed by atoms with Crippen molar-refractivity contribution in [2.45, 2.75) is 32.0 Å². The number of halogens is 1. The first-order valence-electron chi connectivity index (χ1n) is 4.38. The Morgan fingerprint density at radius 3 is 2.33 bits per heavy atom. The molecule has 0 aliphatic heterocycles. The van der Waals surface area contributed by atoms with Gasteiger partial charge in [-0.15, -0.1) is 0 Å². The van der Waals surface area contributed by atoms with Crippen LogP contribution in [0.3, 0.4) is 0 Å². The average Bonchev–Trinajstić information content (AvgIpc) is 2.00. The number of hydrogen-bond donors (Lipinski definition) is 0. The van der Waals surface area contributed by atoms with Gasteiger partial charge in [0.1, 0.15) is 0 Å². The lowest BCUT2D eigenvalue weighted by atomic mass is 10.2. The fourth-order valence-electron chi connectivity index (χ4n) is 1.05. The molecule has 0 spiro atoms. The van der Waals surface area contributed by atoms with E-state index in [9.17, 15) is 4.79 Å². The standard InChI is InChI=1S/C9H18BrNO/c1-5-8(10)9(12)11(4)6-7(2)3/h7-8H,5-6H2,1-4H3. The van der Waals surface area contributed by atoms with E-state index in [1.54, 1.807) is 4.90 Å². The molecular formula is C9H18BrNO. The van der Waals surface area contributed by atoms with E-state index in [2.05, 4.69) is 29.8 Å². The molecule has 12 heavy (non-hydrogen) atoms. The Kier molecular flexibility index (Phi) is 5.55. The van der Waals surface area contributed by atoms with Gasteiger partial charge in [-0.1, -0.05) is 36.7 Å². The topological polar surface area (TPSA) is 20.3 Å².